The average Bonchev–Trinajstić information content (AvgIpc) is 2.94. The zero-order valence-corrected chi connectivity index (χ0v) is 10.1. The van der Waals surface area contributed by atoms with E-state index in [2.05, 4.69) is 15.0 Å². The van der Waals surface area contributed by atoms with Crippen LogP contribution in [0.1, 0.15) is 5.69 Å². The van der Waals surface area contributed by atoms with Gasteiger partial charge in [0.25, 0.3) is 0 Å². The van der Waals surface area contributed by atoms with Gasteiger partial charge in [0.05, 0.1) is 6.33 Å². The first-order chi connectivity index (χ1) is 8.74. The minimum atomic E-state index is 0.503. The molecule has 0 saturated carbocycles. The third kappa shape index (κ3) is 1.81. The fourth-order valence-electron chi connectivity index (χ4n) is 1.97. The summed E-state index contributed by atoms with van der Waals surface area (Å²) in [5, 5.41) is 0. The highest BCUT2D eigenvalue weighted by atomic mass is 15.2. The van der Waals surface area contributed by atoms with Gasteiger partial charge in [0.2, 0.25) is 5.95 Å². The van der Waals surface area contributed by atoms with Gasteiger partial charge in [-0.3, -0.25) is 4.57 Å². The summed E-state index contributed by atoms with van der Waals surface area (Å²) < 4.78 is 3.93. The normalized spacial score (nSPS) is 11.2. The van der Waals surface area contributed by atoms with Crippen LogP contribution < -0.4 is 5.73 Å². The number of fused-ring (bicyclic) bond motifs is 1. The van der Waals surface area contributed by atoms with Crippen LogP contribution in [0.5, 0.6) is 0 Å². The lowest BCUT2D eigenvalue weighted by molar-refractivity contribution is 0.591. The highest BCUT2D eigenvalue weighted by molar-refractivity contribution is 5.74. The molecule has 6 heteroatoms. The van der Waals surface area contributed by atoms with Crippen LogP contribution in [0.3, 0.4) is 0 Å². The summed E-state index contributed by atoms with van der Waals surface area (Å²) in [6, 6.07) is 3.89. The Kier molecular flexibility index (Phi) is 2.47. The molecule has 0 saturated heterocycles. The fourth-order valence-corrected chi connectivity index (χ4v) is 1.97. The van der Waals surface area contributed by atoms with Crippen LogP contribution in [0.25, 0.3) is 11.2 Å². The molecule has 2 N–H and O–H groups in total. The van der Waals surface area contributed by atoms with Crippen molar-refractivity contribution in [3.63, 3.8) is 0 Å². The van der Waals surface area contributed by atoms with Gasteiger partial charge in [-0.1, -0.05) is 0 Å². The average molecular weight is 242 g/mol. The van der Waals surface area contributed by atoms with E-state index in [4.69, 9.17) is 5.73 Å². The summed E-state index contributed by atoms with van der Waals surface area (Å²) in [7, 11) is 0. The van der Waals surface area contributed by atoms with E-state index >= 15 is 0 Å². The Morgan fingerprint density at radius 1 is 1.22 bits per heavy atom. The number of rotatable bonds is 3. The first-order valence-corrected chi connectivity index (χ1v) is 5.79. The molecule has 0 aromatic carbocycles. The molecule has 0 unspecified atom stereocenters. The van der Waals surface area contributed by atoms with Crippen molar-refractivity contribution in [2.45, 2.75) is 20.0 Å². The Balaban J connectivity index is 1.95. The van der Waals surface area contributed by atoms with E-state index in [0.29, 0.717) is 5.95 Å². The predicted octanol–water partition coefficient (Wildman–Crippen LogP) is 1.22. The molecule has 3 rings (SSSR count). The van der Waals surface area contributed by atoms with Crippen LogP contribution in [0.2, 0.25) is 0 Å². The number of anilines is 1. The maximum atomic E-state index is 5.93. The lowest BCUT2D eigenvalue weighted by Crippen LogP contribution is -2.09. The third-order valence-corrected chi connectivity index (χ3v) is 2.90. The maximum Gasteiger partial charge on any atom is 0.202 e. The molecule has 0 spiro atoms. The van der Waals surface area contributed by atoms with Crippen molar-refractivity contribution in [3.8, 4) is 0 Å². The smallest absolute Gasteiger partial charge is 0.202 e. The second-order valence-electron chi connectivity index (χ2n) is 4.22. The van der Waals surface area contributed by atoms with Crippen LogP contribution in [0.4, 0.5) is 5.95 Å². The number of hydrogen-bond donors (Lipinski definition) is 1. The first kappa shape index (κ1) is 10.8. The molecule has 0 fully saturated rings. The molecule has 0 radical (unpaired) electrons. The SMILES string of the molecule is Cc1ccc2nc(N)n(CCn3ccnc3)c2n1. The van der Waals surface area contributed by atoms with Crippen molar-refractivity contribution in [2.75, 3.05) is 5.73 Å². The van der Waals surface area contributed by atoms with Gasteiger partial charge in [-0.05, 0) is 19.1 Å². The van der Waals surface area contributed by atoms with Crippen LogP contribution in [0.15, 0.2) is 30.9 Å². The van der Waals surface area contributed by atoms with Gasteiger partial charge in [-0.15, -0.1) is 0 Å². The van der Waals surface area contributed by atoms with Crippen LogP contribution in [0, 0.1) is 6.92 Å². The first-order valence-electron chi connectivity index (χ1n) is 5.79. The van der Waals surface area contributed by atoms with Gasteiger partial charge in [-0.2, -0.15) is 0 Å². The van der Waals surface area contributed by atoms with Crippen molar-refractivity contribution >= 4 is 17.1 Å². The van der Waals surface area contributed by atoms with Crippen LogP contribution in [-0.4, -0.2) is 24.1 Å². The van der Waals surface area contributed by atoms with Crippen LogP contribution >= 0.6 is 0 Å². The fraction of sp³-hybridized carbons (Fsp3) is 0.250. The minimum Gasteiger partial charge on any atom is -0.369 e. The molecule has 0 aliphatic rings. The Bertz CT molecular complexity index is 667. The van der Waals surface area contributed by atoms with E-state index in [9.17, 15) is 0 Å². The topological polar surface area (TPSA) is 74.5 Å². The molecule has 0 aliphatic heterocycles. The molecule has 0 amide bonds. The number of aromatic nitrogens is 5. The van der Waals surface area contributed by atoms with E-state index < -0.39 is 0 Å². The van der Waals surface area contributed by atoms with Crippen molar-refractivity contribution < 1.29 is 0 Å². The van der Waals surface area contributed by atoms with E-state index in [1.54, 1.807) is 12.5 Å². The summed E-state index contributed by atoms with van der Waals surface area (Å²) in [4.78, 5) is 12.8. The highest BCUT2D eigenvalue weighted by Crippen LogP contribution is 2.16. The van der Waals surface area contributed by atoms with Crippen molar-refractivity contribution in [2.24, 2.45) is 0 Å². The Hall–Kier alpha value is -2.37. The molecular weight excluding hydrogens is 228 g/mol. The van der Waals surface area contributed by atoms with Crippen molar-refractivity contribution in [1.82, 2.24) is 24.1 Å². The lowest BCUT2D eigenvalue weighted by Gasteiger charge is -2.06. The third-order valence-electron chi connectivity index (χ3n) is 2.90. The largest absolute Gasteiger partial charge is 0.369 e. The Labute approximate surface area is 104 Å². The molecule has 0 bridgehead atoms. The van der Waals surface area contributed by atoms with Gasteiger partial charge in [0.1, 0.15) is 5.52 Å². The molecule has 3 aromatic rings. The molecule has 0 atom stereocenters. The second-order valence-corrected chi connectivity index (χ2v) is 4.22. The van der Waals surface area contributed by atoms with Crippen LogP contribution in [-0.2, 0) is 13.1 Å². The number of nitrogens with two attached hydrogens (primary N) is 1. The van der Waals surface area contributed by atoms with E-state index in [0.717, 1.165) is 29.9 Å². The zero-order valence-electron chi connectivity index (χ0n) is 10.1. The predicted molar refractivity (Wildman–Crippen MR) is 68.9 cm³/mol. The van der Waals surface area contributed by atoms with Crippen molar-refractivity contribution in [1.29, 1.82) is 0 Å². The molecule has 3 aromatic heterocycles. The number of aryl methyl sites for hydroxylation is 3. The van der Waals surface area contributed by atoms with Gasteiger partial charge in [-0.25, -0.2) is 15.0 Å². The summed E-state index contributed by atoms with van der Waals surface area (Å²) in [6.45, 7) is 3.49. The standard InChI is InChI=1S/C12H14N6/c1-9-2-3-10-11(15-9)18(12(13)16-10)7-6-17-5-4-14-8-17/h2-5,8H,6-7H2,1H3,(H2,13,16). The summed E-state index contributed by atoms with van der Waals surface area (Å²) in [5.74, 6) is 0.503. The number of pyridine rings is 1. The molecule has 18 heavy (non-hydrogen) atoms. The molecule has 92 valence electrons. The van der Waals surface area contributed by atoms with Crippen molar-refractivity contribution in [3.05, 3.63) is 36.5 Å². The van der Waals surface area contributed by atoms with Gasteiger partial charge < -0.3 is 10.3 Å². The van der Waals surface area contributed by atoms with Gasteiger partial charge in [0.15, 0.2) is 5.65 Å². The molecule has 6 nitrogen and oxygen atoms in total. The molecule has 3 heterocycles. The summed E-state index contributed by atoms with van der Waals surface area (Å²) in [6.07, 6.45) is 5.47. The summed E-state index contributed by atoms with van der Waals surface area (Å²) >= 11 is 0. The number of nitrogens with zero attached hydrogens (tertiary/aromatic N) is 5. The van der Waals surface area contributed by atoms with E-state index in [-0.39, 0.29) is 0 Å². The maximum absolute atomic E-state index is 5.93. The lowest BCUT2D eigenvalue weighted by atomic mass is 10.3. The quantitative estimate of drug-likeness (QED) is 0.749. The van der Waals surface area contributed by atoms with E-state index in [1.165, 1.54) is 0 Å². The number of imidazole rings is 2. The summed E-state index contributed by atoms with van der Waals surface area (Å²) in [5.41, 5.74) is 8.57. The number of hydrogen-bond acceptors (Lipinski definition) is 4. The minimum absolute atomic E-state index is 0.503. The Morgan fingerprint density at radius 2 is 2.11 bits per heavy atom. The monoisotopic (exact) mass is 242 g/mol. The highest BCUT2D eigenvalue weighted by Gasteiger charge is 2.09. The van der Waals surface area contributed by atoms with Gasteiger partial charge >= 0.3 is 0 Å². The molecular formula is C12H14N6. The van der Waals surface area contributed by atoms with Gasteiger partial charge in [0, 0.05) is 31.2 Å². The second kappa shape index (κ2) is 4.14. The zero-order chi connectivity index (χ0) is 12.5. The number of nitrogen functional groups attached to an aromatic ring is 1. The molecule has 0 aliphatic carbocycles. The Morgan fingerprint density at radius 3 is 2.89 bits per heavy atom. The van der Waals surface area contributed by atoms with E-state index in [1.807, 2.05) is 34.4 Å².